The number of hydrogen-bond acceptors (Lipinski definition) is 3. The van der Waals surface area contributed by atoms with Crippen molar-refractivity contribution in [1.82, 2.24) is 5.32 Å². The summed E-state index contributed by atoms with van der Waals surface area (Å²) in [6, 6.07) is 3.90. The van der Waals surface area contributed by atoms with E-state index in [9.17, 15) is 14.4 Å². The van der Waals surface area contributed by atoms with Gasteiger partial charge in [-0.05, 0) is 41.9 Å². The highest BCUT2D eigenvalue weighted by Crippen LogP contribution is 2.26. The molecule has 8 heteroatoms. The van der Waals surface area contributed by atoms with Gasteiger partial charge >= 0.3 is 12.0 Å². The zero-order valence-corrected chi connectivity index (χ0v) is 13.2. The molecule has 21 heavy (non-hydrogen) atoms. The number of carbonyl (C=O) groups is 3. The molecular weight excluding hydrogens is 342 g/mol. The van der Waals surface area contributed by atoms with Gasteiger partial charge in [0.2, 0.25) is 5.91 Å². The van der Waals surface area contributed by atoms with Crippen LogP contribution in [0.1, 0.15) is 30.6 Å². The third-order valence-electron chi connectivity index (χ3n) is 2.55. The Morgan fingerprint density at radius 2 is 1.95 bits per heavy atom. The van der Waals surface area contributed by atoms with Crippen LogP contribution in [-0.4, -0.2) is 28.6 Å². The lowest BCUT2D eigenvalue weighted by atomic mass is 10.0. The number of benzene rings is 1. The van der Waals surface area contributed by atoms with Crippen LogP contribution >= 0.6 is 15.9 Å². The van der Waals surface area contributed by atoms with Gasteiger partial charge in [0, 0.05) is 16.4 Å². The average molecular weight is 358 g/mol. The maximum Gasteiger partial charge on any atom is 0.337 e. The molecule has 0 bridgehead atoms. The summed E-state index contributed by atoms with van der Waals surface area (Å²) in [6.45, 7) is 3.27. The number of nitrogens with two attached hydrogens (primary N) is 1. The van der Waals surface area contributed by atoms with Gasteiger partial charge in [0.25, 0.3) is 0 Å². The monoisotopic (exact) mass is 357 g/mol. The van der Waals surface area contributed by atoms with E-state index in [0.29, 0.717) is 4.47 Å². The highest BCUT2D eigenvalue weighted by molar-refractivity contribution is 9.10. The largest absolute Gasteiger partial charge is 0.478 e. The van der Waals surface area contributed by atoms with Crippen molar-refractivity contribution >= 4 is 39.5 Å². The summed E-state index contributed by atoms with van der Waals surface area (Å²) in [5.41, 5.74) is 4.34. The Labute approximate surface area is 130 Å². The minimum Gasteiger partial charge on any atom is -0.478 e. The number of anilines is 1. The predicted octanol–water partition coefficient (Wildman–Crippen LogP) is 1.92. The van der Waals surface area contributed by atoms with Gasteiger partial charge in [-0.3, -0.25) is 4.79 Å². The Balaban J connectivity index is 2.89. The summed E-state index contributed by atoms with van der Waals surface area (Å²) in [6.07, 6.45) is -0.0395. The molecule has 0 aliphatic heterocycles. The maximum absolute atomic E-state index is 11.9. The highest BCUT2D eigenvalue weighted by Gasteiger charge is 2.24. The van der Waals surface area contributed by atoms with Crippen LogP contribution in [0, 0.1) is 0 Å². The zero-order valence-electron chi connectivity index (χ0n) is 11.6. The van der Waals surface area contributed by atoms with Crippen LogP contribution in [-0.2, 0) is 4.79 Å². The number of carboxylic acids is 1. The second-order valence-electron chi connectivity index (χ2n) is 5.07. The molecule has 5 N–H and O–H groups in total. The Morgan fingerprint density at radius 3 is 2.48 bits per heavy atom. The predicted molar refractivity (Wildman–Crippen MR) is 81.1 cm³/mol. The number of urea groups is 1. The van der Waals surface area contributed by atoms with E-state index in [2.05, 4.69) is 26.6 Å². The number of halogens is 1. The lowest BCUT2D eigenvalue weighted by Crippen LogP contribution is -2.47. The van der Waals surface area contributed by atoms with Crippen molar-refractivity contribution in [1.29, 1.82) is 0 Å². The second-order valence-corrected chi connectivity index (χ2v) is 5.93. The SMILES string of the molecule is CC(C)(CC(N)=O)NC(=O)Nc1c(Br)cccc1C(=O)O. The molecule has 1 aromatic rings. The molecule has 7 nitrogen and oxygen atoms in total. The van der Waals surface area contributed by atoms with Crippen LogP contribution < -0.4 is 16.4 Å². The molecule has 0 heterocycles. The number of aromatic carboxylic acids is 1. The van der Waals surface area contributed by atoms with Gasteiger partial charge in [-0.1, -0.05) is 6.07 Å². The van der Waals surface area contributed by atoms with Gasteiger partial charge in [-0.2, -0.15) is 0 Å². The summed E-state index contributed by atoms with van der Waals surface area (Å²) >= 11 is 3.18. The third kappa shape index (κ3) is 5.07. The van der Waals surface area contributed by atoms with Crippen LogP contribution in [0.4, 0.5) is 10.5 Å². The van der Waals surface area contributed by atoms with Crippen molar-refractivity contribution in [3.05, 3.63) is 28.2 Å². The summed E-state index contributed by atoms with van der Waals surface area (Å²) < 4.78 is 0.435. The molecule has 0 spiro atoms. The third-order valence-corrected chi connectivity index (χ3v) is 3.21. The number of para-hydroxylation sites is 1. The molecule has 0 radical (unpaired) electrons. The van der Waals surface area contributed by atoms with Crippen molar-refractivity contribution in [3.8, 4) is 0 Å². The van der Waals surface area contributed by atoms with Gasteiger partial charge in [0.15, 0.2) is 0 Å². The van der Waals surface area contributed by atoms with E-state index in [4.69, 9.17) is 10.8 Å². The standard InChI is InChI=1S/C13H16BrN3O4/c1-13(2,6-9(15)18)17-12(21)16-10-7(11(19)20)4-3-5-8(10)14/h3-5H,6H2,1-2H3,(H2,15,18)(H,19,20)(H2,16,17,21). The van der Waals surface area contributed by atoms with E-state index in [-0.39, 0.29) is 17.7 Å². The van der Waals surface area contributed by atoms with Gasteiger partial charge in [0.05, 0.1) is 11.3 Å². The number of amides is 3. The Bertz CT molecular complexity index is 587. The molecule has 0 fully saturated rings. The molecule has 0 aliphatic carbocycles. The molecule has 3 amide bonds. The molecule has 114 valence electrons. The fourth-order valence-corrected chi connectivity index (χ4v) is 2.23. The summed E-state index contributed by atoms with van der Waals surface area (Å²) in [5.74, 6) is -1.71. The van der Waals surface area contributed by atoms with Gasteiger partial charge in [-0.25, -0.2) is 9.59 Å². The van der Waals surface area contributed by atoms with Crippen molar-refractivity contribution in [3.63, 3.8) is 0 Å². The van der Waals surface area contributed by atoms with Crippen molar-refractivity contribution in [2.24, 2.45) is 5.73 Å². The number of rotatable bonds is 5. The Hall–Kier alpha value is -2.09. The first-order valence-electron chi connectivity index (χ1n) is 6.01. The molecule has 0 saturated heterocycles. The first-order valence-corrected chi connectivity index (χ1v) is 6.81. The lowest BCUT2D eigenvalue weighted by molar-refractivity contribution is -0.119. The fraction of sp³-hybridized carbons (Fsp3) is 0.308. The summed E-state index contributed by atoms with van der Waals surface area (Å²) in [7, 11) is 0. The number of nitrogens with one attached hydrogen (secondary N) is 2. The smallest absolute Gasteiger partial charge is 0.337 e. The minimum absolute atomic E-state index is 0.0395. The van der Waals surface area contributed by atoms with Crippen LogP contribution in [0.3, 0.4) is 0 Å². The number of carbonyl (C=O) groups excluding carboxylic acids is 2. The van der Waals surface area contributed by atoms with E-state index < -0.39 is 23.4 Å². The molecule has 1 aromatic carbocycles. The first-order chi connectivity index (χ1) is 9.62. The van der Waals surface area contributed by atoms with Crippen molar-refractivity contribution < 1.29 is 19.5 Å². The topological polar surface area (TPSA) is 122 Å². The fourth-order valence-electron chi connectivity index (χ4n) is 1.76. The Kier molecular flexibility index (Phi) is 5.31. The van der Waals surface area contributed by atoms with E-state index in [1.54, 1.807) is 26.0 Å². The van der Waals surface area contributed by atoms with Gasteiger partial charge in [-0.15, -0.1) is 0 Å². The van der Waals surface area contributed by atoms with Crippen molar-refractivity contribution in [2.75, 3.05) is 5.32 Å². The van der Waals surface area contributed by atoms with Gasteiger partial charge in [0.1, 0.15) is 0 Å². The van der Waals surface area contributed by atoms with E-state index in [0.717, 1.165) is 0 Å². The molecule has 1 rings (SSSR count). The molecule has 0 atom stereocenters. The van der Waals surface area contributed by atoms with E-state index >= 15 is 0 Å². The van der Waals surface area contributed by atoms with E-state index in [1.165, 1.54) is 6.07 Å². The van der Waals surface area contributed by atoms with E-state index in [1.807, 2.05) is 0 Å². The average Bonchev–Trinajstić information content (AvgIpc) is 2.28. The van der Waals surface area contributed by atoms with Crippen LogP contribution in [0.25, 0.3) is 0 Å². The molecule has 0 aliphatic rings. The number of carboxylic acid groups (broad SMARTS) is 1. The molecule has 0 saturated carbocycles. The summed E-state index contributed by atoms with van der Waals surface area (Å²) in [4.78, 5) is 34.0. The first kappa shape index (κ1) is 17.0. The second kappa shape index (κ2) is 6.57. The Morgan fingerprint density at radius 1 is 1.33 bits per heavy atom. The zero-order chi connectivity index (χ0) is 16.2. The van der Waals surface area contributed by atoms with Crippen LogP contribution in [0.15, 0.2) is 22.7 Å². The molecule has 0 unspecified atom stereocenters. The number of primary amides is 1. The molecule has 0 aromatic heterocycles. The van der Waals surface area contributed by atoms with Crippen LogP contribution in [0.5, 0.6) is 0 Å². The minimum atomic E-state index is -1.16. The highest BCUT2D eigenvalue weighted by atomic mass is 79.9. The van der Waals surface area contributed by atoms with Gasteiger partial charge < -0.3 is 21.5 Å². The number of hydrogen-bond donors (Lipinski definition) is 4. The maximum atomic E-state index is 11.9. The summed E-state index contributed by atoms with van der Waals surface area (Å²) in [5, 5.41) is 14.1. The lowest BCUT2D eigenvalue weighted by Gasteiger charge is -2.25. The van der Waals surface area contributed by atoms with Crippen molar-refractivity contribution in [2.45, 2.75) is 25.8 Å². The quantitative estimate of drug-likeness (QED) is 0.642. The molecular formula is C13H16BrN3O4. The van der Waals surface area contributed by atoms with Crippen LogP contribution in [0.2, 0.25) is 0 Å². The normalized spacial score (nSPS) is 10.8.